The molecular weight excluding hydrogens is 302 g/mol. The molecule has 0 aliphatic carbocycles. The van der Waals surface area contributed by atoms with Crippen molar-refractivity contribution in [3.05, 3.63) is 30.5 Å². The average molecular weight is 329 g/mol. The van der Waals surface area contributed by atoms with Gasteiger partial charge in [-0.25, -0.2) is 0 Å². The van der Waals surface area contributed by atoms with E-state index in [1.807, 2.05) is 30.0 Å². The predicted octanol–water partition coefficient (Wildman–Crippen LogP) is 1.47. The molecule has 1 unspecified atom stereocenters. The van der Waals surface area contributed by atoms with Gasteiger partial charge in [-0.2, -0.15) is 5.10 Å². The van der Waals surface area contributed by atoms with Gasteiger partial charge in [-0.05, 0) is 39.3 Å². The molecule has 0 bridgehead atoms. The SMILES string of the molecule is C=CCN1CCN(C(C)C)C(=O)C12CCN(c1ccc(C)nn1)C2. The van der Waals surface area contributed by atoms with E-state index < -0.39 is 5.54 Å². The molecular formula is C18H27N5O. The Kier molecular flexibility index (Phi) is 4.58. The summed E-state index contributed by atoms with van der Waals surface area (Å²) in [5, 5.41) is 8.46. The molecule has 0 aromatic carbocycles. The lowest BCUT2D eigenvalue weighted by atomic mass is 9.90. The van der Waals surface area contributed by atoms with E-state index in [1.54, 1.807) is 0 Å². The van der Waals surface area contributed by atoms with Crippen LogP contribution in [0, 0.1) is 6.92 Å². The van der Waals surface area contributed by atoms with Crippen molar-refractivity contribution in [2.24, 2.45) is 0 Å². The molecule has 6 heteroatoms. The van der Waals surface area contributed by atoms with Crippen LogP contribution in [0.1, 0.15) is 26.0 Å². The van der Waals surface area contributed by atoms with Gasteiger partial charge >= 0.3 is 0 Å². The number of carbonyl (C=O) groups is 1. The molecule has 1 aromatic rings. The van der Waals surface area contributed by atoms with Crippen molar-refractivity contribution in [3.63, 3.8) is 0 Å². The first-order chi connectivity index (χ1) is 11.5. The summed E-state index contributed by atoms with van der Waals surface area (Å²) in [5.74, 6) is 1.10. The lowest BCUT2D eigenvalue weighted by Crippen LogP contribution is -2.68. The first kappa shape index (κ1) is 16.9. The van der Waals surface area contributed by atoms with E-state index in [-0.39, 0.29) is 11.9 Å². The summed E-state index contributed by atoms with van der Waals surface area (Å²) in [4.78, 5) is 19.8. The molecule has 3 rings (SSSR count). The number of aryl methyl sites for hydroxylation is 1. The number of hydrogen-bond donors (Lipinski definition) is 0. The predicted molar refractivity (Wildman–Crippen MR) is 94.9 cm³/mol. The van der Waals surface area contributed by atoms with E-state index in [4.69, 9.17) is 0 Å². The van der Waals surface area contributed by atoms with Gasteiger partial charge in [-0.3, -0.25) is 9.69 Å². The molecule has 1 amide bonds. The number of carbonyl (C=O) groups excluding carboxylic acids is 1. The maximum atomic E-state index is 13.3. The molecule has 130 valence electrons. The van der Waals surface area contributed by atoms with Crippen LogP contribution in [-0.4, -0.2) is 70.2 Å². The summed E-state index contributed by atoms with van der Waals surface area (Å²) in [6.07, 6.45) is 2.72. The van der Waals surface area contributed by atoms with Crippen molar-refractivity contribution in [1.29, 1.82) is 0 Å². The van der Waals surface area contributed by atoms with Crippen molar-refractivity contribution in [3.8, 4) is 0 Å². The zero-order chi connectivity index (χ0) is 17.3. The highest BCUT2D eigenvalue weighted by Crippen LogP contribution is 2.35. The summed E-state index contributed by atoms with van der Waals surface area (Å²) in [6.45, 7) is 13.9. The summed E-state index contributed by atoms with van der Waals surface area (Å²) < 4.78 is 0. The molecule has 24 heavy (non-hydrogen) atoms. The Morgan fingerprint density at radius 1 is 1.29 bits per heavy atom. The van der Waals surface area contributed by atoms with Gasteiger partial charge in [0.25, 0.3) is 0 Å². The second-order valence-corrected chi connectivity index (χ2v) is 7.06. The number of amides is 1. The summed E-state index contributed by atoms with van der Waals surface area (Å²) in [7, 11) is 0. The topological polar surface area (TPSA) is 52.6 Å². The third kappa shape index (κ3) is 2.79. The Labute approximate surface area is 144 Å². The van der Waals surface area contributed by atoms with E-state index in [0.717, 1.165) is 44.1 Å². The Hall–Kier alpha value is -1.95. The van der Waals surface area contributed by atoms with Gasteiger partial charge in [-0.15, -0.1) is 11.7 Å². The van der Waals surface area contributed by atoms with Crippen LogP contribution in [0.5, 0.6) is 0 Å². The monoisotopic (exact) mass is 329 g/mol. The van der Waals surface area contributed by atoms with Crippen LogP contribution >= 0.6 is 0 Å². The van der Waals surface area contributed by atoms with Gasteiger partial charge in [0.2, 0.25) is 5.91 Å². The Morgan fingerprint density at radius 2 is 2.08 bits per heavy atom. The number of anilines is 1. The molecule has 2 fully saturated rings. The fraction of sp³-hybridized carbons (Fsp3) is 0.611. The minimum absolute atomic E-state index is 0.230. The number of rotatable bonds is 4. The average Bonchev–Trinajstić information content (AvgIpc) is 2.99. The number of aromatic nitrogens is 2. The summed E-state index contributed by atoms with van der Waals surface area (Å²) in [5.41, 5.74) is 0.434. The normalized spacial score (nSPS) is 25.1. The van der Waals surface area contributed by atoms with Gasteiger partial charge in [0.15, 0.2) is 5.82 Å². The zero-order valence-electron chi connectivity index (χ0n) is 14.9. The fourth-order valence-corrected chi connectivity index (χ4v) is 3.84. The van der Waals surface area contributed by atoms with Gasteiger partial charge in [-0.1, -0.05) is 6.08 Å². The van der Waals surface area contributed by atoms with Crippen molar-refractivity contribution in [1.82, 2.24) is 20.0 Å². The highest BCUT2D eigenvalue weighted by atomic mass is 16.2. The fourth-order valence-electron chi connectivity index (χ4n) is 3.84. The smallest absolute Gasteiger partial charge is 0.245 e. The van der Waals surface area contributed by atoms with Gasteiger partial charge in [0, 0.05) is 38.8 Å². The van der Waals surface area contributed by atoms with E-state index in [2.05, 4.69) is 40.4 Å². The second-order valence-electron chi connectivity index (χ2n) is 7.06. The first-order valence-corrected chi connectivity index (χ1v) is 8.70. The molecule has 1 aromatic heterocycles. The molecule has 1 atom stereocenters. The maximum absolute atomic E-state index is 13.3. The lowest BCUT2D eigenvalue weighted by Gasteiger charge is -2.48. The van der Waals surface area contributed by atoms with Crippen LogP contribution in [0.25, 0.3) is 0 Å². The molecule has 2 saturated heterocycles. The van der Waals surface area contributed by atoms with Crippen LogP contribution in [0.4, 0.5) is 5.82 Å². The third-order valence-electron chi connectivity index (χ3n) is 5.20. The highest BCUT2D eigenvalue weighted by Gasteiger charge is 2.53. The van der Waals surface area contributed by atoms with Crippen LogP contribution in [0.15, 0.2) is 24.8 Å². The summed E-state index contributed by atoms with van der Waals surface area (Å²) >= 11 is 0. The summed E-state index contributed by atoms with van der Waals surface area (Å²) in [6, 6.07) is 4.19. The van der Waals surface area contributed by atoms with E-state index in [1.165, 1.54) is 0 Å². The minimum Gasteiger partial charge on any atom is -0.353 e. The van der Waals surface area contributed by atoms with Crippen LogP contribution in [-0.2, 0) is 4.79 Å². The van der Waals surface area contributed by atoms with Crippen LogP contribution < -0.4 is 4.90 Å². The minimum atomic E-state index is -0.469. The highest BCUT2D eigenvalue weighted by molar-refractivity contribution is 5.89. The molecule has 0 radical (unpaired) electrons. The quantitative estimate of drug-likeness (QED) is 0.783. The van der Waals surface area contributed by atoms with Gasteiger partial charge < -0.3 is 9.80 Å². The molecule has 1 spiro atoms. The zero-order valence-corrected chi connectivity index (χ0v) is 14.9. The number of piperazine rings is 1. The largest absolute Gasteiger partial charge is 0.353 e. The van der Waals surface area contributed by atoms with Crippen molar-refractivity contribution < 1.29 is 4.79 Å². The van der Waals surface area contributed by atoms with Crippen molar-refractivity contribution >= 4 is 11.7 Å². The number of hydrogen-bond acceptors (Lipinski definition) is 5. The van der Waals surface area contributed by atoms with E-state index >= 15 is 0 Å². The lowest BCUT2D eigenvalue weighted by molar-refractivity contribution is -0.151. The molecule has 0 N–H and O–H groups in total. The molecule has 2 aliphatic heterocycles. The van der Waals surface area contributed by atoms with Crippen molar-refractivity contribution in [2.45, 2.75) is 38.8 Å². The Morgan fingerprint density at radius 3 is 2.71 bits per heavy atom. The van der Waals surface area contributed by atoms with Crippen LogP contribution in [0.2, 0.25) is 0 Å². The second kappa shape index (κ2) is 6.51. The maximum Gasteiger partial charge on any atom is 0.245 e. The number of nitrogens with zero attached hydrogens (tertiary/aromatic N) is 5. The van der Waals surface area contributed by atoms with Gasteiger partial charge in [0.1, 0.15) is 5.54 Å². The first-order valence-electron chi connectivity index (χ1n) is 8.70. The molecule has 3 heterocycles. The standard InChI is InChI=1S/C18H27N5O/c1-5-9-22-11-12-23(14(2)3)17(24)18(22)8-10-21(13-18)16-7-6-15(4)19-20-16/h5-7,14H,1,8-13H2,2-4H3. The molecule has 2 aliphatic rings. The van der Waals surface area contributed by atoms with Crippen molar-refractivity contribution in [2.75, 3.05) is 37.6 Å². The van der Waals surface area contributed by atoms with Crippen LogP contribution in [0.3, 0.4) is 0 Å². The Bertz CT molecular complexity index is 614. The molecule has 6 nitrogen and oxygen atoms in total. The molecule has 0 saturated carbocycles. The van der Waals surface area contributed by atoms with E-state index in [9.17, 15) is 4.79 Å². The van der Waals surface area contributed by atoms with E-state index in [0.29, 0.717) is 6.54 Å². The Balaban J connectivity index is 1.88. The third-order valence-corrected chi connectivity index (χ3v) is 5.20. The van der Waals surface area contributed by atoms with Gasteiger partial charge in [0.05, 0.1) is 5.69 Å².